The van der Waals surface area contributed by atoms with Gasteiger partial charge < -0.3 is 5.32 Å². The van der Waals surface area contributed by atoms with E-state index in [9.17, 15) is 4.79 Å². The number of aromatic nitrogens is 3. The number of nitrogens with zero attached hydrogens (tertiary/aromatic N) is 3. The van der Waals surface area contributed by atoms with Crippen LogP contribution in [0.5, 0.6) is 0 Å². The summed E-state index contributed by atoms with van der Waals surface area (Å²) in [6.07, 6.45) is 3.78. The molecule has 0 spiro atoms. The van der Waals surface area contributed by atoms with E-state index in [1.807, 2.05) is 30.3 Å². The maximum absolute atomic E-state index is 12.7. The third-order valence-electron chi connectivity index (χ3n) is 3.88. The minimum atomic E-state index is -0.424. The lowest BCUT2D eigenvalue weighted by Crippen LogP contribution is -2.29. The fourth-order valence-corrected chi connectivity index (χ4v) is 4.02. The third kappa shape index (κ3) is 3.61. The molecular formula is C17H14Cl2N4OS. The first-order valence-electron chi connectivity index (χ1n) is 7.83. The van der Waals surface area contributed by atoms with Crippen LogP contribution in [0.3, 0.4) is 0 Å². The van der Waals surface area contributed by atoms with E-state index >= 15 is 0 Å². The van der Waals surface area contributed by atoms with Crippen LogP contribution in [0, 0.1) is 0 Å². The Morgan fingerprint density at radius 2 is 2.00 bits per heavy atom. The van der Waals surface area contributed by atoms with Gasteiger partial charge >= 0.3 is 0 Å². The zero-order chi connectivity index (χ0) is 17.4. The van der Waals surface area contributed by atoms with Gasteiger partial charge in [-0.05, 0) is 24.5 Å². The van der Waals surface area contributed by atoms with Crippen molar-refractivity contribution in [3.63, 3.8) is 0 Å². The first-order valence-corrected chi connectivity index (χ1v) is 9.47. The molecule has 0 saturated heterocycles. The van der Waals surface area contributed by atoms with Crippen LogP contribution < -0.4 is 5.32 Å². The molecule has 2 heterocycles. The van der Waals surface area contributed by atoms with Gasteiger partial charge in [0, 0.05) is 12.2 Å². The van der Waals surface area contributed by atoms with Gasteiger partial charge in [-0.15, -0.1) is 10.2 Å². The summed E-state index contributed by atoms with van der Waals surface area (Å²) < 4.78 is 1.72. The van der Waals surface area contributed by atoms with Crippen LogP contribution >= 0.6 is 35.0 Å². The highest BCUT2D eigenvalue weighted by Crippen LogP contribution is 2.36. The van der Waals surface area contributed by atoms with Crippen molar-refractivity contribution in [1.29, 1.82) is 0 Å². The van der Waals surface area contributed by atoms with Crippen LogP contribution in [-0.4, -0.2) is 26.5 Å². The van der Waals surface area contributed by atoms with Gasteiger partial charge in [-0.25, -0.2) is 0 Å². The standard InChI is InChI=1S/C17H14Cl2N4OS/c18-11-8-13(19)15-21-22-17(23(15)9-11)25-14(10-4-2-1-3-5-10)16(24)20-12-6-7-12/h1-5,8-9,12,14H,6-7H2,(H,20,24)/t14-/m0/s1. The first-order chi connectivity index (χ1) is 12.1. The van der Waals surface area contributed by atoms with Crippen LogP contribution in [-0.2, 0) is 4.79 Å². The molecular weight excluding hydrogens is 379 g/mol. The number of amides is 1. The monoisotopic (exact) mass is 392 g/mol. The first kappa shape index (κ1) is 16.7. The minimum Gasteiger partial charge on any atom is -0.352 e. The molecule has 1 aromatic carbocycles. The fraction of sp³-hybridized carbons (Fsp3) is 0.235. The summed E-state index contributed by atoms with van der Waals surface area (Å²) in [4.78, 5) is 12.7. The summed E-state index contributed by atoms with van der Waals surface area (Å²) in [7, 11) is 0. The molecule has 1 aliphatic carbocycles. The molecule has 1 atom stereocenters. The molecule has 2 aromatic heterocycles. The number of nitrogens with one attached hydrogen (secondary N) is 1. The Morgan fingerprint density at radius 3 is 2.72 bits per heavy atom. The van der Waals surface area contributed by atoms with Crippen molar-refractivity contribution in [2.75, 3.05) is 0 Å². The number of fused-ring (bicyclic) bond motifs is 1. The van der Waals surface area contributed by atoms with Gasteiger partial charge in [0.2, 0.25) is 5.91 Å². The number of pyridine rings is 1. The Bertz CT molecular complexity index is 927. The molecule has 1 N–H and O–H groups in total. The van der Waals surface area contributed by atoms with E-state index in [0.29, 0.717) is 26.9 Å². The molecule has 0 radical (unpaired) electrons. The van der Waals surface area contributed by atoms with E-state index in [1.165, 1.54) is 11.8 Å². The predicted molar refractivity (Wildman–Crippen MR) is 99.2 cm³/mol. The number of thioether (sulfide) groups is 1. The quantitative estimate of drug-likeness (QED) is 0.662. The molecule has 0 aliphatic heterocycles. The number of carbonyl (C=O) groups excluding carboxylic acids is 1. The van der Waals surface area contributed by atoms with Crippen molar-refractivity contribution in [3.8, 4) is 0 Å². The molecule has 25 heavy (non-hydrogen) atoms. The van der Waals surface area contributed by atoms with Crippen molar-refractivity contribution in [3.05, 3.63) is 58.2 Å². The van der Waals surface area contributed by atoms with Crippen LogP contribution in [0.4, 0.5) is 0 Å². The van der Waals surface area contributed by atoms with Crippen molar-refractivity contribution in [2.24, 2.45) is 0 Å². The maximum atomic E-state index is 12.7. The summed E-state index contributed by atoms with van der Waals surface area (Å²) in [5.74, 6) is -0.0245. The van der Waals surface area contributed by atoms with Gasteiger partial charge in [-0.1, -0.05) is 65.3 Å². The van der Waals surface area contributed by atoms with Gasteiger partial charge in [0.05, 0.1) is 10.0 Å². The van der Waals surface area contributed by atoms with Crippen LogP contribution in [0.25, 0.3) is 5.65 Å². The highest BCUT2D eigenvalue weighted by Gasteiger charge is 2.30. The van der Waals surface area contributed by atoms with E-state index in [4.69, 9.17) is 23.2 Å². The van der Waals surface area contributed by atoms with E-state index in [2.05, 4.69) is 15.5 Å². The molecule has 4 rings (SSSR count). The number of carbonyl (C=O) groups is 1. The average Bonchev–Trinajstić information content (AvgIpc) is 3.32. The normalized spacial score (nSPS) is 15.3. The molecule has 8 heteroatoms. The number of hydrogen-bond acceptors (Lipinski definition) is 4. The summed E-state index contributed by atoms with van der Waals surface area (Å²) >= 11 is 13.6. The fourth-order valence-electron chi connectivity index (χ4n) is 2.49. The van der Waals surface area contributed by atoms with Crippen molar-refractivity contribution < 1.29 is 4.79 Å². The number of benzene rings is 1. The summed E-state index contributed by atoms with van der Waals surface area (Å²) in [5.41, 5.74) is 1.43. The highest BCUT2D eigenvalue weighted by atomic mass is 35.5. The minimum absolute atomic E-state index is 0.0245. The molecule has 5 nitrogen and oxygen atoms in total. The Hall–Kier alpha value is -1.76. The van der Waals surface area contributed by atoms with Crippen LogP contribution in [0.15, 0.2) is 47.8 Å². The Kier molecular flexibility index (Phi) is 4.58. The zero-order valence-electron chi connectivity index (χ0n) is 13.0. The largest absolute Gasteiger partial charge is 0.352 e. The van der Waals surface area contributed by atoms with Gasteiger partial charge in [0.1, 0.15) is 5.25 Å². The number of hydrogen-bond donors (Lipinski definition) is 1. The Labute approximate surface area is 158 Å². The van der Waals surface area contributed by atoms with Gasteiger partial charge in [-0.3, -0.25) is 9.20 Å². The second-order valence-corrected chi connectivity index (χ2v) is 7.79. The van der Waals surface area contributed by atoms with Crippen LogP contribution in [0.2, 0.25) is 10.0 Å². The summed E-state index contributed by atoms with van der Waals surface area (Å²) in [5, 5.41) is 12.4. The highest BCUT2D eigenvalue weighted by molar-refractivity contribution is 8.00. The third-order valence-corrected chi connectivity index (χ3v) is 5.58. The smallest absolute Gasteiger partial charge is 0.238 e. The summed E-state index contributed by atoms with van der Waals surface area (Å²) in [6.45, 7) is 0. The van der Waals surface area contributed by atoms with Gasteiger partial charge in [-0.2, -0.15) is 0 Å². The molecule has 1 aliphatic rings. The average molecular weight is 393 g/mol. The zero-order valence-corrected chi connectivity index (χ0v) is 15.4. The van der Waals surface area contributed by atoms with Crippen molar-refractivity contribution in [1.82, 2.24) is 19.9 Å². The van der Waals surface area contributed by atoms with E-state index in [1.54, 1.807) is 16.7 Å². The second-order valence-electron chi connectivity index (χ2n) is 5.87. The number of rotatable bonds is 5. The molecule has 3 aromatic rings. The molecule has 0 unspecified atom stereocenters. The topological polar surface area (TPSA) is 59.3 Å². The van der Waals surface area contributed by atoms with Crippen molar-refractivity contribution >= 4 is 46.5 Å². The van der Waals surface area contributed by atoms with Crippen LogP contribution in [0.1, 0.15) is 23.7 Å². The molecule has 1 amide bonds. The van der Waals surface area contributed by atoms with Crippen molar-refractivity contribution in [2.45, 2.75) is 29.3 Å². The van der Waals surface area contributed by atoms with E-state index in [0.717, 1.165) is 18.4 Å². The second kappa shape index (κ2) is 6.86. The van der Waals surface area contributed by atoms with E-state index in [-0.39, 0.29) is 5.91 Å². The molecule has 128 valence electrons. The Morgan fingerprint density at radius 1 is 1.24 bits per heavy atom. The van der Waals surface area contributed by atoms with Gasteiger partial charge in [0.15, 0.2) is 10.8 Å². The molecule has 1 saturated carbocycles. The molecule has 0 bridgehead atoms. The van der Waals surface area contributed by atoms with Gasteiger partial charge in [0.25, 0.3) is 0 Å². The van der Waals surface area contributed by atoms with E-state index < -0.39 is 5.25 Å². The lowest BCUT2D eigenvalue weighted by Gasteiger charge is -2.16. The summed E-state index contributed by atoms with van der Waals surface area (Å²) in [6, 6.07) is 11.6. The lowest BCUT2D eigenvalue weighted by atomic mass is 10.1. The Balaban J connectivity index is 1.70. The lowest BCUT2D eigenvalue weighted by molar-refractivity contribution is -0.120. The number of halogens is 2. The maximum Gasteiger partial charge on any atom is 0.238 e. The SMILES string of the molecule is O=C(NC1CC1)[C@@H](Sc1nnc2c(Cl)cc(Cl)cn12)c1ccccc1. The predicted octanol–water partition coefficient (Wildman–Crippen LogP) is 4.15. The molecule has 1 fully saturated rings.